The molecule has 1 N–H and O–H groups in total. The van der Waals surface area contributed by atoms with Gasteiger partial charge < -0.3 is 24.0 Å². The van der Waals surface area contributed by atoms with E-state index < -0.39 is 0 Å². The first-order valence-electron chi connectivity index (χ1n) is 4.79. The summed E-state index contributed by atoms with van der Waals surface area (Å²) < 4.78 is 0. The molecule has 0 fully saturated rings. The summed E-state index contributed by atoms with van der Waals surface area (Å²) in [5.74, 6) is 0. The molecule has 1 aromatic heterocycles. The van der Waals surface area contributed by atoms with E-state index in [1.165, 1.54) is 16.5 Å². The van der Waals surface area contributed by atoms with Crippen molar-refractivity contribution in [1.29, 1.82) is 0 Å². The molecule has 2 aromatic rings. The number of nitrogens with zero attached hydrogens (tertiary/aromatic N) is 1. The number of aromatic nitrogens is 1. The summed E-state index contributed by atoms with van der Waals surface area (Å²) in [6.07, 6.45) is 3.97. The maximum absolute atomic E-state index is 4.35. The van der Waals surface area contributed by atoms with Crippen LogP contribution in [0.15, 0.2) is 30.5 Å². The fourth-order valence-corrected chi connectivity index (χ4v) is 1.78. The van der Waals surface area contributed by atoms with Crippen molar-refractivity contribution < 1.29 is 29.0 Å². The van der Waals surface area contributed by atoms with Crippen LogP contribution in [0.5, 0.6) is 0 Å². The lowest BCUT2D eigenvalue weighted by molar-refractivity contribution is -0.393. The highest BCUT2D eigenvalue weighted by molar-refractivity contribution is 5.86. The monoisotopic (exact) mass is 310 g/mol. The molecule has 0 radical (unpaired) electrons. The number of halogens is 1. The molecule has 76 valence electrons. The second-order valence-corrected chi connectivity index (χ2v) is 3.73. The van der Waals surface area contributed by atoms with E-state index in [1.807, 2.05) is 6.20 Å². The van der Waals surface area contributed by atoms with Crippen LogP contribution in [0.3, 0.4) is 0 Å². The highest BCUT2D eigenvalue weighted by Crippen LogP contribution is 2.22. The van der Waals surface area contributed by atoms with E-state index in [0.29, 0.717) is 6.04 Å². The fourth-order valence-electron chi connectivity index (χ4n) is 1.78. The molecule has 1 unspecified atom stereocenters. The fraction of sp³-hybridized carbons (Fsp3) is 0.167. The van der Waals surface area contributed by atoms with E-state index in [1.54, 1.807) is 0 Å². The number of hydrogen-bond acceptors (Lipinski definition) is 1. The number of benzene rings is 1. The maximum Gasteiger partial charge on any atom is 0.252 e. The largest absolute Gasteiger partial charge is 1.00 e. The van der Waals surface area contributed by atoms with E-state index in [4.69, 9.17) is 0 Å². The summed E-state index contributed by atoms with van der Waals surface area (Å²) in [5.41, 5.74) is 3.70. The first-order chi connectivity index (χ1) is 6.84. The topological polar surface area (TPSA) is 26.9 Å². The SMILES string of the molecule is Cc1ccc2nccc(C3C=[NH+]3)c2c1.[I-]. The molecule has 1 atom stereocenters. The van der Waals surface area contributed by atoms with E-state index in [2.05, 4.69) is 47.4 Å². The van der Waals surface area contributed by atoms with E-state index in [9.17, 15) is 0 Å². The molecule has 3 rings (SSSR count). The summed E-state index contributed by atoms with van der Waals surface area (Å²) >= 11 is 0. The van der Waals surface area contributed by atoms with E-state index in [0.717, 1.165) is 5.52 Å². The number of aryl methyl sites for hydroxylation is 1. The standard InChI is InChI=1S/C12H10N2.HI/c1-8-2-3-11-10(6-8)9(4-5-13-11)12-7-14-12;/h2-7,12H,1H3;1H. The first kappa shape index (κ1) is 10.5. The van der Waals surface area contributed by atoms with Gasteiger partial charge in [0.15, 0.2) is 0 Å². The van der Waals surface area contributed by atoms with Gasteiger partial charge in [0.2, 0.25) is 6.21 Å². The van der Waals surface area contributed by atoms with Crippen molar-refractivity contribution in [1.82, 2.24) is 4.98 Å². The van der Waals surface area contributed by atoms with Crippen LogP contribution < -0.4 is 29.0 Å². The molecule has 15 heavy (non-hydrogen) atoms. The summed E-state index contributed by atoms with van der Waals surface area (Å²) in [4.78, 5) is 7.56. The van der Waals surface area contributed by atoms with Crippen LogP contribution in [0.25, 0.3) is 10.9 Å². The Morgan fingerprint density at radius 2 is 2.07 bits per heavy atom. The molecule has 0 saturated carbocycles. The van der Waals surface area contributed by atoms with Crippen molar-refractivity contribution in [2.24, 2.45) is 0 Å². The quantitative estimate of drug-likeness (QED) is 0.592. The minimum atomic E-state index is 0. The van der Waals surface area contributed by atoms with Gasteiger partial charge in [-0.05, 0) is 25.1 Å². The van der Waals surface area contributed by atoms with Crippen LogP contribution in [0.1, 0.15) is 17.2 Å². The third kappa shape index (κ3) is 1.88. The molecule has 0 spiro atoms. The third-order valence-electron chi connectivity index (χ3n) is 2.60. The Hall–Kier alpha value is -0.970. The number of fused-ring (bicyclic) bond motifs is 1. The molecule has 0 aliphatic carbocycles. The number of rotatable bonds is 1. The van der Waals surface area contributed by atoms with Crippen LogP contribution in [0, 0.1) is 6.92 Å². The molecule has 0 bridgehead atoms. The normalized spacial score (nSPS) is 17.5. The van der Waals surface area contributed by atoms with Crippen molar-refractivity contribution in [2.75, 3.05) is 0 Å². The molecule has 1 aliphatic heterocycles. The van der Waals surface area contributed by atoms with Gasteiger partial charge >= 0.3 is 0 Å². The predicted octanol–water partition coefficient (Wildman–Crippen LogP) is -2.25. The average Bonchev–Trinajstić information content (AvgIpc) is 3.00. The summed E-state index contributed by atoms with van der Waals surface area (Å²) in [6.45, 7) is 2.11. The van der Waals surface area contributed by atoms with Crippen LogP contribution in [0.4, 0.5) is 0 Å². The lowest BCUT2D eigenvalue weighted by Crippen LogP contribution is -3.00. The van der Waals surface area contributed by atoms with Crippen molar-refractivity contribution in [2.45, 2.75) is 13.0 Å². The minimum Gasteiger partial charge on any atom is -1.00 e. The van der Waals surface area contributed by atoms with Crippen molar-refractivity contribution in [3.63, 3.8) is 0 Å². The Balaban J connectivity index is 0.000000853. The molecule has 1 aromatic carbocycles. The van der Waals surface area contributed by atoms with Crippen molar-refractivity contribution in [3.8, 4) is 0 Å². The van der Waals surface area contributed by atoms with Crippen LogP contribution in [-0.4, -0.2) is 11.2 Å². The Morgan fingerprint density at radius 3 is 2.80 bits per heavy atom. The molecular weight excluding hydrogens is 299 g/mol. The zero-order valence-electron chi connectivity index (χ0n) is 8.37. The van der Waals surface area contributed by atoms with E-state index >= 15 is 0 Å². The summed E-state index contributed by atoms with van der Waals surface area (Å²) in [7, 11) is 0. The average molecular weight is 310 g/mol. The van der Waals surface area contributed by atoms with Gasteiger partial charge in [-0.3, -0.25) is 4.98 Å². The van der Waals surface area contributed by atoms with Crippen LogP contribution in [0.2, 0.25) is 0 Å². The lowest BCUT2D eigenvalue weighted by Gasteiger charge is -2.01. The smallest absolute Gasteiger partial charge is 0.252 e. The molecule has 0 amide bonds. The Morgan fingerprint density at radius 1 is 1.27 bits per heavy atom. The molecule has 2 nitrogen and oxygen atoms in total. The van der Waals surface area contributed by atoms with Gasteiger partial charge in [-0.1, -0.05) is 11.6 Å². The second-order valence-electron chi connectivity index (χ2n) is 3.73. The van der Waals surface area contributed by atoms with Gasteiger partial charge in [-0.15, -0.1) is 0 Å². The van der Waals surface area contributed by atoms with Gasteiger partial charge in [0.05, 0.1) is 5.52 Å². The zero-order valence-corrected chi connectivity index (χ0v) is 10.5. The van der Waals surface area contributed by atoms with Gasteiger partial charge in [0.1, 0.15) is 0 Å². The third-order valence-corrected chi connectivity index (χ3v) is 2.60. The summed E-state index contributed by atoms with van der Waals surface area (Å²) in [6, 6.07) is 8.90. The number of hydrogen-bond donors (Lipinski definition) is 1. The van der Waals surface area contributed by atoms with Crippen LogP contribution in [-0.2, 0) is 0 Å². The first-order valence-corrected chi connectivity index (χ1v) is 4.79. The van der Waals surface area contributed by atoms with Gasteiger partial charge in [0.25, 0.3) is 6.04 Å². The maximum atomic E-state index is 4.35. The minimum absolute atomic E-state index is 0. The Kier molecular flexibility index (Phi) is 2.73. The summed E-state index contributed by atoms with van der Waals surface area (Å²) in [5, 5.41) is 1.26. The second kappa shape index (κ2) is 3.89. The zero-order chi connectivity index (χ0) is 9.54. The van der Waals surface area contributed by atoms with Crippen molar-refractivity contribution >= 4 is 17.1 Å². The molecule has 2 heterocycles. The molecule has 0 saturated heterocycles. The highest BCUT2D eigenvalue weighted by atomic mass is 127. The van der Waals surface area contributed by atoms with Gasteiger partial charge in [0, 0.05) is 17.1 Å². The number of nitrogens with one attached hydrogen (secondary N) is 1. The highest BCUT2D eigenvalue weighted by Gasteiger charge is 2.27. The van der Waals surface area contributed by atoms with Gasteiger partial charge in [-0.2, -0.15) is 0 Å². The molecular formula is C12H11IN2. The van der Waals surface area contributed by atoms with Crippen LogP contribution >= 0.6 is 0 Å². The Labute approximate surface area is 105 Å². The lowest BCUT2D eigenvalue weighted by atomic mass is 10.0. The molecule has 3 heteroatoms. The number of pyridine rings is 1. The van der Waals surface area contributed by atoms with Crippen molar-refractivity contribution in [3.05, 3.63) is 41.6 Å². The van der Waals surface area contributed by atoms with E-state index in [-0.39, 0.29) is 24.0 Å². The Bertz CT molecular complexity index is 528. The predicted molar refractivity (Wildman–Crippen MR) is 56.2 cm³/mol. The molecule has 1 aliphatic rings. The van der Waals surface area contributed by atoms with Gasteiger partial charge in [-0.25, -0.2) is 4.99 Å².